The number of anilines is 1. The third-order valence-corrected chi connectivity index (χ3v) is 3.65. The van der Waals surface area contributed by atoms with Gasteiger partial charge in [-0.05, 0) is 44.9 Å². The van der Waals surface area contributed by atoms with E-state index in [9.17, 15) is 22.4 Å². The molecular weight excluding hydrogens is 316 g/mol. The fraction of sp³-hybridized carbons (Fsp3) is 0.533. The van der Waals surface area contributed by atoms with Crippen LogP contribution in [0.25, 0.3) is 0 Å². The first-order chi connectivity index (χ1) is 10.5. The van der Waals surface area contributed by atoms with E-state index in [0.717, 1.165) is 11.0 Å². The number of nitrogens with two attached hydrogens (primary N) is 1. The van der Waals surface area contributed by atoms with Gasteiger partial charge >= 0.3 is 12.3 Å². The van der Waals surface area contributed by atoms with Crippen molar-refractivity contribution >= 4 is 11.8 Å². The molecular formula is C15H18F4N2O2. The molecule has 0 saturated heterocycles. The molecule has 1 aliphatic rings. The summed E-state index contributed by atoms with van der Waals surface area (Å²) in [6.45, 7) is 4.91. The number of hydrogen-bond donors (Lipinski definition) is 1. The van der Waals surface area contributed by atoms with Gasteiger partial charge in [-0.25, -0.2) is 9.18 Å². The van der Waals surface area contributed by atoms with Gasteiger partial charge in [0.2, 0.25) is 0 Å². The minimum Gasteiger partial charge on any atom is -0.446 e. The number of alkyl halides is 3. The summed E-state index contributed by atoms with van der Waals surface area (Å²) in [6, 6.07) is 0.266. The standard InChI is InChI=1S/C15H18F4N2O2/c1-7(2)23-14(22)21-8(3)4-12(20)9-5-11(16)10(6-13(9)21)15(17,18)19/h5-8,12H,4,20H2,1-3H3/t8-,12-/m1/s1. The number of carbonyl (C=O) groups excluding carboxylic acids is 1. The Balaban J connectivity index is 2.57. The van der Waals surface area contributed by atoms with Gasteiger partial charge in [-0.2, -0.15) is 13.2 Å². The van der Waals surface area contributed by atoms with Gasteiger partial charge in [0.05, 0.1) is 17.4 Å². The zero-order valence-corrected chi connectivity index (χ0v) is 12.9. The number of fused-ring (bicyclic) bond motifs is 1. The maximum Gasteiger partial charge on any atom is 0.419 e. The van der Waals surface area contributed by atoms with Crippen molar-refractivity contribution < 1.29 is 27.1 Å². The maximum atomic E-state index is 13.8. The molecule has 0 bridgehead atoms. The second kappa shape index (κ2) is 5.99. The lowest BCUT2D eigenvalue weighted by Gasteiger charge is -2.38. The molecule has 0 fully saturated rings. The minimum absolute atomic E-state index is 0.0596. The van der Waals surface area contributed by atoms with E-state index < -0.39 is 41.8 Å². The molecule has 1 amide bonds. The zero-order chi connectivity index (χ0) is 17.5. The monoisotopic (exact) mass is 334 g/mol. The molecule has 1 aliphatic heterocycles. The van der Waals surface area contributed by atoms with Crippen molar-refractivity contribution in [2.75, 3.05) is 4.90 Å². The van der Waals surface area contributed by atoms with Crippen molar-refractivity contribution in [3.63, 3.8) is 0 Å². The average molecular weight is 334 g/mol. The van der Waals surface area contributed by atoms with E-state index in [1.165, 1.54) is 0 Å². The number of amides is 1. The molecule has 23 heavy (non-hydrogen) atoms. The Kier molecular flexibility index (Phi) is 4.57. The molecule has 0 aromatic heterocycles. The van der Waals surface area contributed by atoms with Gasteiger partial charge < -0.3 is 10.5 Å². The van der Waals surface area contributed by atoms with Crippen LogP contribution in [0.2, 0.25) is 0 Å². The highest BCUT2D eigenvalue weighted by Gasteiger charge is 2.40. The highest BCUT2D eigenvalue weighted by Crippen LogP contribution is 2.41. The predicted molar refractivity (Wildman–Crippen MR) is 76.5 cm³/mol. The van der Waals surface area contributed by atoms with E-state index in [-0.39, 0.29) is 11.3 Å². The SMILES string of the molecule is CC(C)OC(=O)N1c2cc(C(F)(F)F)c(F)cc2[C@H](N)C[C@H]1C. The van der Waals surface area contributed by atoms with Crippen LogP contribution >= 0.6 is 0 Å². The second-order valence-corrected chi connectivity index (χ2v) is 5.88. The number of ether oxygens (including phenoxy) is 1. The van der Waals surface area contributed by atoms with Crippen LogP contribution in [-0.2, 0) is 10.9 Å². The molecule has 0 aliphatic carbocycles. The van der Waals surface area contributed by atoms with Gasteiger partial charge in [-0.1, -0.05) is 0 Å². The van der Waals surface area contributed by atoms with Crippen molar-refractivity contribution in [1.29, 1.82) is 0 Å². The zero-order valence-electron chi connectivity index (χ0n) is 12.9. The second-order valence-electron chi connectivity index (χ2n) is 5.88. The molecule has 2 N–H and O–H groups in total. The lowest BCUT2D eigenvalue weighted by molar-refractivity contribution is -0.140. The van der Waals surface area contributed by atoms with Crippen LogP contribution in [0.4, 0.5) is 28.0 Å². The number of benzene rings is 1. The van der Waals surface area contributed by atoms with Crippen LogP contribution in [0.5, 0.6) is 0 Å². The van der Waals surface area contributed by atoms with Crippen molar-refractivity contribution in [2.45, 2.75) is 51.6 Å². The van der Waals surface area contributed by atoms with Gasteiger partial charge in [0.15, 0.2) is 0 Å². The number of halogens is 4. The average Bonchev–Trinajstić information content (AvgIpc) is 2.36. The fourth-order valence-corrected chi connectivity index (χ4v) is 2.67. The highest BCUT2D eigenvalue weighted by molar-refractivity contribution is 5.90. The van der Waals surface area contributed by atoms with Gasteiger partial charge in [0.25, 0.3) is 0 Å². The van der Waals surface area contributed by atoms with Crippen molar-refractivity contribution in [3.05, 3.63) is 29.1 Å². The topological polar surface area (TPSA) is 55.6 Å². The van der Waals surface area contributed by atoms with Crippen LogP contribution in [-0.4, -0.2) is 18.2 Å². The molecule has 1 aromatic carbocycles. The molecule has 1 aromatic rings. The van der Waals surface area contributed by atoms with Crippen LogP contribution in [0, 0.1) is 5.82 Å². The van der Waals surface area contributed by atoms with Crippen LogP contribution < -0.4 is 10.6 Å². The molecule has 2 rings (SSSR count). The maximum absolute atomic E-state index is 13.8. The van der Waals surface area contributed by atoms with E-state index in [1.54, 1.807) is 20.8 Å². The molecule has 0 spiro atoms. The van der Waals surface area contributed by atoms with Gasteiger partial charge in [-0.3, -0.25) is 4.90 Å². The number of carbonyl (C=O) groups is 1. The Morgan fingerprint density at radius 1 is 1.39 bits per heavy atom. The third-order valence-electron chi connectivity index (χ3n) is 3.65. The Labute approximate surface area is 131 Å². The van der Waals surface area contributed by atoms with Crippen LogP contribution in [0.15, 0.2) is 12.1 Å². The first kappa shape index (κ1) is 17.5. The summed E-state index contributed by atoms with van der Waals surface area (Å²) >= 11 is 0. The first-order valence-electron chi connectivity index (χ1n) is 7.18. The quantitative estimate of drug-likeness (QED) is 0.790. The fourth-order valence-electron chi connectivity index (χ4n) is 2.67. The molecule has 2 atom stereocenters. The van der Waals surface area contributed by atoms with E-state index in [4.69, 9.17) is 10.5 Å². The minimum atomic E-state index is -4.86. The summed E-state index contributed by atoms with van der Waals surface area (Å²) < 4.78 is 57.7. The Bertz CT molecular complexity index is 616. The number of hydrogen-bond acceptors (Lipinski definition) is 3. The van der Waals surface area contributed by atoms with Crippen LogP contribution in [0.3, 0.4) is 0 Å². The lowest BCUT2D eigenvalue weighted by Crippen LogP contribution is -2.45. The van der Waals surface area contributed by atoms with Crippen molar-refractivity contribution in [2.24, 2.45) is 5.73 Å². The normalized spacial score (nSPS) is 21.3. The smallest absolute Gasteiger partial charge is 0.419 e. The van der Waals surface area contributed by atoms with E-state index >= 15 is 0 Å². The molecule has 0 unspecified atom stereocenters. The van der Waals surface area contributed by atoms with Crippen molar-refractivity contribution in [3.8, 4) is 0 Å². The Morgan fingerprint density at radius 2 is 2.00 bits per heavy atom. The largest absolute Gasteiger partial charge is 0.446 e. The molecule has 1 heterocycles. The summed E-state index contributed by atoms with van der Waals surface area (Å²) in [6.07, 6.45) is -5.78. The summed E-state index contributed by atoms with van der Waals surface area (Å²) in [4.78, 5) is 13.3. The van der Waals surface area contributed by atoms with Crippen LogP contribution in [0.1, 0.15) is 44.4 Å². The highest BCUT2D eigenvalue weighted by atomic mass is 19.4. The summed E-state index contributed by atoms with van der Waals surface area (Å²) in [7, 11) is 0. The summed E-state index contributed by atoms with van der Waals surface area (Å²) in [5, 5.41) is 0. The molecule has 4 nitrogen and oxygen atoms in total. The van der Waals surface area contributed by atoms with E-state index in [1.807, 2.05) is 0 Å². The number of nitrogens with zero attached hydrogens (tertiary/aromatic N) is 1. The molecule has 128 valence electrons. The first-order valence-corrected chi connectivity index (χ1v) is 7.18. The lowest BCUT2D eigenvalue weighted by atomic mass is 9.91. The van der Waals surface area contributed by atoms with Gasteiger partial charge in [-0.15, -0.1) is 0 Å². The predicted octanol–water partition coefficient (Wildman–Crippen LogP) is 3.99. The summed E-state index contributed by atoms with van der Waals surface area (Å²) in [5.41, 5.74) is 4.57. The molecule has 0 radical (unpaired) electrons. The third kappa shape index (κ3) is 3.41. The molecule has 8 heteroatoms. The number of rotatable bonds is 1. The van der Waals surface area contributed by atoms with Crippen molar-refractivity contribution in [1.82, 2.24) is 0 Å². The molecule has 0 saturated carbocycles. The van der Waals surface area contributed by atoms with Gasteiger partial charge in [0, 0.05) is 12.1 Å². The Hall–Kier alpha value is -1.83. The Morgan fingerprint density at radius 3 is 2.52 bits per heavy atom. The van der Waals surface area contributed by atoms with Gasteiger partial charge in [0.1, 0.15) is 5.82 Å². The summed E-state index contributed by atoms with van der Waals surface area (Å²) in [5.74, 6) is -1.40. The van der Waals surface area contributed by atoms with E-state index in [0.29, 0.717) is 12.5 Å². The van der Waals surface area contributed by atoms with E-state index in [2.05, 4.69) is 0 Å².